The Kier molecular flexibility index (Phi) is 6.98. The molecule has 0 aliphatic heterocycles. The maximum absolute atomic E-state index is 10.6. The van der Waals surface area contributed by atoms with E-state index < -0.39 is 12.1 Å². The number of carbonyl (C=O) groups is 1. The predicted molar refractivity (Wildman–Crippen MR) is 96.1 cm³/mol. The Morgan fingerprint density at radius 2 is 1.52 bits per heavy atom. The zero-order valence-corrected chi connectivity index (χ0v) is 14.9. The van der Waals surface area contributed by atoms with Gasteiger partial charge in [0.05, 0.1) is 12.7 Å². The number of rotatable bonds is 4. The van der Waals surface area contributed by atoms with Gasteiger partial charge in [-0.15, -0.1) is 0 Å². The van der Waals surface area contributed by atoms with Gasteiger partial charge in [0, 0.05) is 6.04 Å². The van der Waals surface area contributed by atoms with Crippen LogP contribution in [0.5, 0.6) is 0 Å². The molecule has 146 valence electrons. The highest BCUT2D eigenvalue weighted by atomic mass is 19.4. The minimum atomic E-state index is -5.08. The molecule has 0 radical (unpaired) electrons. The molecule has 7 heteroatoms. The topological polar surface area (TPSA) is 72.5 Å². The average Bonchev–Trinajstić information content (AvgIpc) is 2.59. The Bertz CT molecular complexity index is 737. The van der Waals surface area contributed by atoms with Crippen molar-refractivity contribution < 1.29 is 27.8 Å². The van der Waals surface area contributed by atoms with E-state index in [0.717, 1.165) is 12.8 Å². The van der Waals surface area contributed by atoms with Crippen LogP contribution < -0.4 is 5.73 Å². The molecule has 1 aliphatic carbocycles. The number of ether oxygens (including phenoxy) is 1. The second-order valence-electron chi connectivity index (χ2n) is 6.53. The van der Waals surface area contributed by atoms with Crippen molar-refractivity contribution in [2.75, 3.05) is 0 Å². The van der Waals surface area contributed by atoms with E-state index in [2.05, 4.69) is 55.5 Å². The standard InChI is InChI=1S/C18H21NO.C2HF3O2/c1-13-2-6-15(7-3-13)16-8-4-14(5-9-16)12-20-18-10-17(19)11-18;3-2(4,5)1(6)7/h2-9,17-18H,10-12,19H2,1H3;(H,6,7). The molecule has 0 amide bonds. The van der Waals surface area contributed by atoms with Crippen LogP contribution in [0.15, 0.2) is 48.5 Å². The van der Waals surface area contributed by atoms with Crippen LogP contribution in [-0.2, 0) is 16.1 Å². The van der Waals surface area contributed by atoms with Crippen LogP contribution in [0.1, 0.15) is 24.0 Å². The molecule has 2 aromatic rings. The summed E-state index contributed by atoms with van der Waals surface area (Å²) in [5, 5.41) is 7.12. The SMILES string of the molecule is Cc1ccc(-c2ccc(COC3CC(N)C3)cc2)cc1.O=C(O)C(F)(F)F. The van der Waals surface area contributed by atoms with Gasteiger partial charge in [0.25, 0.3) is 0 Å². The van der Waals surface area contributed by atoms with Crippen molar-refractivity contribution >= 4 is 5.97 Å². The van der Waals surface area contributed by atoms with Crippen LogP contribution >= 0.6 is 0 Å². The number of alkyl halides is 3. The van der Waals surface area contributed by atoms with Crippen molar-refractivity contribution in [2.24, 2.45) is 5.73 Å². The minimum absolute atomic E-state index is 0.351. The summed E-state index contributed by atoms with van der Waals surface area (Å²) in [4.78, 5) is 8.90. The summed E-state index contributed by atoms with van der Waals surface area (Å²) in [6, 6.07) is 17.6. The second kappa shape index (κ2) is 9.01. The highest BCUT2D eigenvalue weighted by Crippen LogP contribution is 2.24. The number of carboxylic acids is 1. The molecule has 1 fully saturated rings. The lowest BCUT2D eigenvalue weighted by Crippen LogP contribution is -2.41. The fraction of sp³-hybridized carbons (Fsp3) is 0.350. The Hall–Kier alpha value is -2.38. The van der Waals surface area contributed by atoms with Crippen molar-refractivity contribution in [3.8, 4) is 11.1 Å². The molecule has 0 atom stereocenters. The summed E-state index contributed by atoms with van der Waals surface area (Å²) >= 11 is 0. The first-order valence-corrected chi connectivity index (χ1v) is 8.48. The normalized spacial score (nSPS) is 18.9. The van der Waals surface area contributed by atoms with Gasteiger partial charge in [-0.2, -0.15) is 13.2 Å². The summed E-state index contributed by atoms with van der Waals surface area (Å²) in [7, 11) is 0. The molecule has 3 rings (SSSR count). The van der Waals surface area contributed by atoms with Crippen molar-refractivity contribution in [1.82, 2.24) is 0 Å². The molecule has 0 aromatic heterocycles. The maximum Gasteiger partial charge on any atom is 0.490 e. The number of hydrogen-bond acceptors (Lipinski definition) is 3. The lowest BCUT2D eigenvalue weighted by molar-refractivity contribution is -0.192. The van der Waals surface area contributed by atoms with Gasteiger partial charge in [0.1, 0.15) is 0 Å². The van der Waals surface area contributed by atoms with Crippen molar-refractivity contribution in [1.29, 1.82) is 0 Å². The first kappa shape index (κ1) is 20.9. The third-order valence-corrected chi connectivity index (χ3v) is 4.20. The van der Waals surface area contributed by atoms with Gasteiger partial charge >= 0.3 is 12.1 Å². The molecule has 2 aromatic carbocycles. The Labute approximate surface area is 155 Å². The Morgan fingerprint density at radius 3 is 1.93 bits per heavy atom. The van der Waals surface area contributed by atoms with Crippen molar-refractivity contribution in [3.63, 3.8) is 0 Å². The van der Waals surface area contributed by atoms with E-state index in [1.165, 1.54) is 22.3 Å². The fourth-order valence-corrected chi connectivity index (χ4v) is 2.50. The van der Waals surface area contributed by atoms with E-state index in [1.54, 1.807) is 0 Å². The largest absolute Gasteiger partial charge is 0.490 e. The smallest absolute Gasteiger partial charge is 0.475 e. The van der Waals surface area contributed by atoms with E-state index >= 15 is 0 Å². The highest BCUT2D eigenvalue weighted by Gasteiger charge is 2.38. The highest BCUT2D eigenvalue weighted by molar-refractivity contribution is 5.73. The summed E-state index contributed by atoms with van der Waals surface area (Å²) in [6.07, 6.45) is -2.72. The van der Waals surface area contributed by atoms with Crippen molar-refractivity contribution in [3.05, 3.63) is 59.7 Å². The lowest BCUT2D eigenvalue weighted by Gasteiger charge is -2.32. The van der Waals surface area contributed by atoms with Crippen LogP contribution in [0.2, 0.25) is 0 Å². The number of benzene rings is 2. The molecule has 1 saturated carbocycles. The zero-order valence-electron chi connectivity index (χ0n) is 14.9. The molecule has 3 N–H and O–H groups in total. The van der Waals surface area contributed by atoms with Crippen LogP contribution in [0, 0.1) is 6.92 Å². The third kappa shape index (κ3) is 6.69. The van der Waals surface area contributed by atoms with E-state index in [-0.39, 0.29) is 0 Å². The summed E-state index contributed by atoms with van der Waals surface area (Å²) < 4.78 is 37.6. The van der Waals surface area contributed by atoms with E-state index in [9.17, 15) is 13.2 Å². The molecule has 27 heavy (non-hydrogen) atoms. The number of aryl methyl sites for hydroxylation is 1. The molecule has 0 heterocycles. The van der Waals surface area contributed by atoms with E-state index in [0.29, 0.717) is 18.8 Å². The van der Waals surface area contributed by atoms with Gasteiger partial charge in [0.2, 0.25) is 0 Å². The quantitative estimate of drug-likeness (QED) is 0.828. The first-order chi connectivity index (χ1) is 12.6. The van der Waals surface area contributed by atoms with Crippen LogP contribution in [0.3, 0.4) is 0 Å². The Morgan fingerprint density at radius 1 is 1.07 bits per heavy atom. The molecule has 0 spiro atoms. The van der Waals surface area contributed by atoms with Gasteiger partial charge in [0.15, 0.2) is 0 Å². The van der Waals surface area contributed by atoms with Crippen LogP contribution in [0.4, 0.5) is 13.2 Å². The number of nitrogens with two attached hydrogens (primary N) is 1. The van der Waals surface area contributed by atoms with Gasteiger partial charge in [-0.05, 0) is 36.5 Å². The Balaban J connectivity index is 0.000000321. The van der Waals surface area contributed by atoms with Gasteiger partial charge in [-0.3, -0.25) is 0 Å². The van der Waals surface area contributed by atoms with Gasteiger partial charge in [-0.1, -0.05) is 54.1 Å². The number of aliphatic carboxylic acids is 1. The van der Waals surface area contributed by atoms with E-state index in [1.807, 2.05) is 0 Å². The third-order valence-electron chi connectivity index (χ3n) is 4.20. The van der Waals surface area contributed by atoms with Gasteiger partial charge < -0.3 is 15.6 Å². The summed E-state index contributed by atoms with van der Waals surface area (Å²) in [5.74, 6) is -2.76. The van der Waals surface area contributed by atoms with Crippen molar-refractivity contribution in [2.45, 2.75) is 44.7 Å². The fourth-order valence-electron chi connectivity index (χ4n) is 2.50. The maximum atomic E-state index is 10.6. The zero-order chi connectivity index (χ0) is 20.0. The van der Waals surface area contributed by atoms with Crippen LogP contribution in [-0.4, -0.2) is 29.4 Å². The monoisotopic (exact) mass is 381 g/mol. The summed E-state index contributed by atoms with van der Waals surface area (Å²) in [5.41, 5.74) is 10.8. The minimum Gasteiger partial charge on any atom is -0.475 e. The molecule has 0 bridgehead atoms. The van der Waals surface area contributed by atoms with Gasteiger partial charge in [-0.25, -0.2) is 4.79 Å². The second-order valence-corrected chi connectivity index (χ2v) is 6.53. The number of halogens is 3. The molecule has 0 unspecified atom stereocenters. The molecule has 1 aliphatic rings. The van der Waals surface area contributed by atoms with Crippen LogP contribution in [0.25, 0.3) is 11.1 Å². The summed E-state index contributed by atoms with van der Waals surface area (Å²) in [6.45, 7) is 2.79. The first-order valence-electron chi connectivity index (χ1n) is 8.48. The lowest BCUT2D eigenvalue weighted by atomic mass is 9.90. The number of hydrogen-bond donors (Lipinski definition) is 2. The molecule has 0 saturated heterocycles. The predicted octanol–water partition coefficient (Wildman–Crippen LogP) is 4.30. The molecular weight excluding hydrogens is 359 g/mol. The molecular formula is C20H22F3NO3. The average molecular weight is 381 g/mol. The number of carboxylic acid groups (broad SMARTS) is 1. The molecule has 4 nitrogen and oxygen atoms in total. The van der Waals surface area contributed by atoms with E-state index in [4.69, 9.17) is 20.4 Å².